The fourth-order valence-electron chi connectivity index (χ4n) is 3.02. The Hall–Kier alpha value is -0.940. The van der Waals surface area contributed by atoms with Gasteiger partial charge in [-0.15, -0.1) is 0 Å². The Kier molecular flexibility index (Phi) is 2.90. The van der Waals surface area contributed by atoms with E-state index < -0.39 is 0 Å². The van der Waals surface area contributed by atoms with E-state index in [1.165, 1.54) is 6.42 Å². The van der Waals surface area contributed by atoms with Crippen molar-refractivity contribution in [2.45, 2.75) is 50.0 Å². The molecule has 2 heterocycles. The quantitative estimate of drug-likeness (QED) is 0.883. The van der Waals surface area contributed by atoms with Gasteiger partial charge in [0, 0.05) is 13.7 Å². The van der Waals surface area contributed by atoms with Crippen LogP contribution in [0, 0.1) is 0 Å². The molecule has 5 nitrogen and oxygen atoms in total. The molecule has 1 saturated carbocycles. The van der Waals surface area contributed by atoms with Crippen molar-refractivity contribution in [3.8, 4) is 0 Å². The summed E-state index contributed by atoms with van der Waals surface area (Å²) in [5.74, 6) is 1.53. The topological polar surface area (TPSA) is 60.2 Å². The van der Waals surface area contributed by atoms with E-state index in [0.717, 1.165) is 50.5 Å². The van der Waals surface area contributed by atoms with Crippen LogP contribution in [0.2, 0.25) is 0 Å². The van der Waals surface area contributed by atoms with Crippen molar-refractivity contribution in [1.29, 1.82) is 0 Å². The second-order valence-electron chi connectivity index (χ2n) is 5.54. The zero-order valence-corrected chi connectivity index (χ0v) is 11.2. The Balaban J connectivity index is 1.89. The van der Waals surface area contributed by atoms with E-state index in [9.17, 15) is 0 Å². The predicted octanol–water partition coefficient (Wildman–Crippen LogP) is 1.74. The van der Waals surface area contributed by atoms with Crippen molar-refractivity contribution in [3.05, 3.63) is 11.7 Å². The van der Waals surface area contributed by atoms with E-state index in [1.54, 1.807) is 7.11 Å². The first kappa shape index (κ1) is 12.1. The van der Waals surface area contributed by atoms with Gasteiger partial charge in [0.1, 0.15) is 5.60 Å². The van der Waals surface area contributed by atoms with Gasteiger partial charge in [0.05, 0.1) is 5.41 Å². The average Bonchev–Trinajstić information content (AvgIpc) is 2.97. The van der Waals surface area contributed by atoms with Crippen LogP contribution in [0.5, 0.6) is 0 Å². The molecule has 1 atom stereocenters. The molecule has 1 aromatic rings. The number of hydrogen-bond acceptors (Lipinski definition) is 5. The number of ether oxygens (including phenoxy) is 1. The van der Waals surface area contributed by atoms with Gasteiger partial charge in [0.15, 0.2) is 0 Å². The van der Waals surface area contributed by atoms with Crippen molar-refractivity contribution in [2.75, 3.05) is 20.2 Å². The number of nitrogens with zero attached hydrogens (tertiary/aromatic N) is 2. The average molecular weight is 251 g/mol. The molecule has 0 spiro atoms. The highest BCUT2D eigenvalue weighted by Crippen LogP contribution is 2.43. The third kappa shape index (κ3) is 1.61. The van der Waals surface area contributed by atoms with Crippen LogP contribution in [0.3, 0.4) is 0 Å². The van der Waals surface area contributed by atoms with Crippen LogP contribution in [0.15, 0.2) is 4.52 Å². The summed E-state index contributed by atoms with van der Waals surface area (Å²) >= 11 is 0. The van der Waals surface area contributed by atoms with Crippen LogP contribution < -0.4 is 5.32 Å². The summed E-state index contributed by atoms with van der Waals surface area (Å²) in [5, 5.41) is 7.57. The maximum Gasteiger partial charge on any atom is 0.234 e. The maximum atomic E-state index is 5.60. The summed E-state index contributed by atoms with van der Waals surface area (Å²) in [6.45, 7) is 4.15. The van der Waals surface area contributed by atoms with E-state index in [0.29, 0.717) is 0 Å². The van der Waals surface area contributed by atoms with Crippen LogP contribution >= 0.6 is 0 Å². The summed E-state index contributed by atoms with van der Waals surface area (Å²) in [6, 6.07) is 0. The smallest absolute Gasteiger partial charge is 0.234 e. The van der Waals surface area contributed by atoms with Gasteiger partial charge in [-0.25, -0.2) is 0 Å². The normalized spacial score (nSPS) is 30.3. The molecule has 2 aliphatic rings. The lowest BCUT2D eigenvalue weighted by molar-refractivity contribution is -0.0858. The molecular weight excluding hydrogens is 230 g/mol. The van der Waals surface area contributed by atoms with Crippen LogP contribution in [0.4, 0.5) is 0 Å². The van der Waals surface area contributed by atoms with Crippen molar-refractivity contribution in [2.24, 2.45) is 0 Å². The molecule has 3 rings (SSSR count). The summed E-state index contributed by atoms with van der Waals surface area (Å²) in [7, 11) is 1.74. The van der Waals surface area contributed by atoms with Crippen molar-refractivity contribution >= 4 is 0 Å². The first-order valence-electron chi connectivity index (χ1n) is 6.85. The number of aromatic nitrogens is 2. The first-order chi connectivity index (χ1) is 8.75. The van der Waals surface area contributed by atoms with E-state index in [-0.39, 0.29) is 11.0 Å². The molecule has 0 radical (unpaired) electrons. The Bertz CT molecular complexity index is 414. The molecule has 0 aromatic carbocycles. The van der Waals surface area contributed by atoms with Crippen LogP contribution in [0.1, 0.15) is 50.7 Å². The molecule has 0 bridgehead atoms. The van der Waals surface area contributed by atoms with Gasteiger partial charge in [-0.1, -0.05) is 12.1 Å². The van der Waals surface area contributed by atoms with Crippen molar-refractivity contribution < 1.29 is 9.26 Å². The van der Waals surface area contributed by atoms with E-state index >= 15 is 0 Å². The molecule has 18 heavy (non-hydrogen) atoms. The number of rotatable bonds is 4. The number of hydrogen-bond donors (Lipinski definition) is 1. The third-order valence-electron chi connectivity index (χ3n) is 4.76. The molecule has 0 amide bonds. The second-order valence-corrected chi connectivity index (χ2v) is 5.54. The van der Waals surface area contributed by atoms with Gasteiger partial charge < -0.3 is 14.6 Å². The molecule has 1 aromatic heterocycles. The monoisotopic (exact) mass is 251 g/mol. The second kappa shape index (κ2) is 4.31. The lowest BCUT2D eigenvalue weighted by Gasteiger charge is -2.37. The fourth-order valence-corrected chi connectivity index (χ4v) is 3.02. The number of methoxy groups -OCH3 is 1. The predicted molar refractivity (Wildman–Crippen MR) is 66.3 cm³/mol. The highest BCUT2D eigenvalue weighted by Gasteiger charge is 2.46. The Morgan fingerprint density at radius 3 is 2.72 bits per heavy atom. The first-order valence-corrected chi connectivity index (χ1v) is 6.85. The highest BCUT2D eigenvalue weighted by atomic mass is 16.5. The summed E-state index contributed by atoms with van der Waals surface area (Å²) < 4.78 is 11.1. The maximum absolute atomic E-state index is 5.60. The minimum Gasteiger partial charge on any atom is -0.370 e. The van der Waals surface area contributed by atoms with Gasteiger partial charge in [0.25, 0.3) is 0 Å². The van der Waals surface area contributed by atoms with Gasteiger partial charge in [-0.05, 0) is 38.6 Å². The molecule has 100 valence electrons. The minimum atomic E-state index is -0.275. The Morgan fingerprint density at radius 2 is 2.22 bits per heavy atom. The van der Waals surface area contributed by atoms with Crippen molar-refractivity contribution in [3.63, 3.8) is 0 Å². The number of nitrogens with one attached hydrogen (secondary N) is 1. The minimum absolute atomic E-state index is 0.0317. The zero-order chi connectivity index (χ0) is 12.6. The molecular formula is C13H21N3O2. The molecule has 1 unspecified atom stereocenters. The lowest BCUT2D eigenvalue weighted by atomic mass is 9.79. The van der Waals surface area contributed by atoms with E-state index in [2.05, 4.69) is 22.4 Å². The largest absolute Gasteiger partial charge is 0.370 e. The Morgan fingerprint density at radius 1 is 1.39 bits per heavy atom. The van der Waals surface area contributed by atoms with Gasteiger partial charge in [0.2, 0.25) is 11.7 Å². The molecule has 2 fully saturated rings. The standard InChI is InChI=1S/C13H21N3O2/c1-3-12(7-8-14-9-12)11-15-10(16-18-11)13(17-2)5-4-6-13/h14H,3-9H2,1-2H3. The lowest BCUT2D eigenvalue weighted by Crippen LogP contribution is -2.37. The van der Waals surface area contributed by atoms with Gasteiger partial charge in [-0.2, -0.15) is 4.98 Å². The van der Waals surface area contributed by atoms with Crippen molar-refractivity contribution in [1.82, 2.24) is 15.5 Å². The molecule has 1 N–H and O–H groups in total. The van der Waals surface area contributed by atoms with Crippen LogP contribution in [0.25, 0.3) is 0 Å². The third-order valence-corrected chi connectivity index (χ3v) is 4.76. The molecule has 1 aliphatic heterocycles. The van der Waals surface area contributed by atoms with Gasteiger partial charge in [-0.3, -0.25) is 0 Å². The molecule has 5 heteroatoms. The SMILES string of the molecule is CCC1(c2nc(C3(OC)CCC3)no2)CCNC1. The molecule has 1 aliphatic carbocycles. The highest BCUT2D eigenvalue weighted by molar-refractivity contribution is 5.13. The fraction of sp³-hybridized carbons (Fsp3) is 0.846. The van der Waals surface area contributed by atoms with E-state index in [1.807, 2.05) is 0 Å². The van der Waals surface area contributed by atoms with Crippen LogP contribution in [-0.2, 0) is 15.8 Å². The summed E-state index contributed by atoms with van der Waals surface area (Å²) in [5.41, 5.74) is -0.243. The van der Waals surface area contributed by atoms with E-state index in [4.69, 9.17) is 9.26 Å². The van der Waals surface area contributed by atoms with Crippen LogP contribution in [-0.4, -0.2) is 30.3 Å². The van der Waals surface area contributed by atoms with Gasteiger partial charge >= 0.3 is 0 Å². The summed E-state index contributed by atoms with van der Waals surface area (Å²) in [4.78, 5) is 4.66. The summed E-state index contributed by atoms with van der Waals surface area (Å²) in [6.07, 6.45) is 5.28. The molecule has 1 saturated heterocycles. The zero-order valence-electron chi connectivity index (χ0n) is 11.2. The Labute approximate surface area is 107 Å².